The molecule has 38 heavy (non-hydrogen) atoms. The van der Waals surface area contributed by atoms with Crippen molar-refractivity contribution in [2.75, 3.05) is 6.61 Å². The third-order valence-electron chi connectivity index (χ3n) is 6.95. The maximum absolute atomic E-state index is 15.0. The van der Waals surface area contributed by atoms with E-state index < -0.39 is 53.0 Å². The van der Waals surface area contributed by atoms with E-state index in [1.165, 1.54) is 37.3 Å². The van der Waals surface area contributed by atoms with Gasteiger partial charge in [-0.05, 0) is 67.5 Å². The highest BCUT2D eigenvalue weighted by Crippen LogP contribution is 2.39. The molecule has 0 amide bonds. The molecule has 0 radical (unpaired) electrons. The monoisotopic (exact) mass is 530 g/mol. The van der Waals surface area contributed by atoms with Crippen LogP contribution in [0.3, 0.4) is 0 Å². The zero-order valence-electron chi connectivity index (χ0n) is 20.2. The van der Waals surface area contributed by atoms with Gasteiger partial charge in [-0.15, -0.1) is 0 Å². The first-order valence-electron chi connectivity index (χ1n) is 12.1. The van der Waals surface area contributed by atoms with Crippen molar-refractivity contribution in [3.05, 3.63) is 105 Å². The zero-order valence-corrected chi connectivity index (χ0v) is 20.2. The molecule has 0 aromatic heterocycles. The summed E-state index contributed by atoms with van der Waals surface area (Å²) in [5.74, 6) is -7.27. The molecule has 3 aromatic rings. The number of esters is 1. The smallest absolute Gasteiger partial charge is 0.343 e. The van der Waals surface area contributed by atoms with Crippen LogP contribution in [0.5, 0.6) is 5.75 Å². The minimum absolute atomic E-state index is 0.0327. The van der Waals surface area contributed by atoms with Gasteiger partial charge in [0.1, 0.15) is 11.9 Å². The second-order valence-corrected chi connectivity index (χ2v) is 9.44. The standard InChI is InChI=1S/C29H23F5O4/c1-14(35)18-8-9-20(26(32)25(18)31)16-4-2-15(3-5-16)19-7-6-17(12-22(19)30)29(36)38-23-11-10-21(24-13-37-24)27(33)28(23)34/h2,6-12,14,16,24,35H,3-5,13H2,1H3. The first kappa shape index (κ1) is 26.1. The lowest BCUT2D eigenvalue weighted by atomic mass is 9.82. The average Bonchev–Trinajstić information content (AvgIpc) is 3.74. The Labute approximate surface area is 215 Å². The Bertz CT molecular complexity index is 1450. The van der Waals surface area contributed by atoms with Crippen LogP contribution in [0, 0.1) is 29.1 Å². The Morgan fingerprint density at radius 1 is 0.974 bits per heavy atom. The Hall–Kier alpha value is -3.56. The summed E-state index contributed by atoms with van der Waals surface area (Å²) in [6.07, 6.45) is 1.25. The number of benzene rings is 3. The van der Waals surface area contributed by atoms with Crippen LogP contribution < -0.4 is 4.74 Å². The highest BCUT2D eigenvalue weighted by atomic mass is 19.2. The maximum atomic E-state index is 15.0. The van der Waals surface area contributed by atoms with Gasteiger partial charge in [-0.25, -0.2) is 22.4 Å². The summed E-state index contributed by atoms with van der Waals surface area (Å²) in [4.78, 5) is 12.5. The fourth-order valence-electron chi connectivity index (χ4n) is 4.74. The van der Waals surface area contributed by atoms with Crippen molar-refractivity contribution >= 4 is 11.5 Å². The predicted molar refractivity (Wildman–Crippen MR) is 128 cm³/mol. The number of halogens is 5. The molecule has 1 aliphatic carbocycles. The summed E-state index contributed by atoms with van der Waals surface area (Å²) < 4.78 is 82.3. The van der Waals surface area contributed by atoms with E-state index >= 15 is 0 Å². The number of carbonyl (C=O) groups excluding carboxylic acids is 1. The van der Waals surface area contributed by atoms with Gasteiger partial charge in [0, 0.05) is 16.7 Å². The van der Waals surface area contributed by atoms with E-state index in [-0.39, 0.29) is 40.3 Å². The van der Waals surface area contributed by atoms with Crippen LogP contribution in [0.2, 0.25) is 0 Å². The molecular formula is C29H23F5O4. The largest absolute Gasteiger partial charge is 0.420 e. The van der Waals surface area contributed by atoms with Crippen molar-refractivity contribution < 1.29 is 41.3 Å². The lowest BCUT2D eigenvalue weighted by molar-refractivity contribution is 0.0726. The number of epoxide rings is 1. The van der Waals surface area contributed by atoms with E-state index in [1.807, 2.05) is 0 Å². The average molecular weight is 530 g/mol. The Kier molecular flexibility index (Phi) is 7.07. The number of allylic oxidation sites excluding steroid dienone is 2. The fraction of sp³-hybridized carbons (Fsp3) is 0.276. The van der Waals surface area contributed by atoms with Gasteiger partial charge in [0.05, 0.1) is 18.3 Å². The van der Waals surface area contributed by atoms with E-state index in [0.29, 0.717) is 24.8 Å². The van der Waals surface area contributed by atoms with Crippen molar-refractivity contribution in [3.63, 3.8) is 0 Å². The van der Waals surface area contributed by atoms with Crippen molar-refractivity contribution in [3.8, 4) is 5.75 Å². The molecule has 1 fully saturated rings. The highest BCUT2D eigenvalue weighted by molar-refractivity contribution is 5.91. The number of hydrogen-bond acceptors (Lipinski definition) is 4. The van der Waals surface area contributed by atoms with Crippen LogP contribution >= 0.6 is 0 Å². The summed E-state index contributed by atoms with van der Waals surface area (Å²) in [6.45, 7) is 1.64. The van der Waals surface area contributed by atoms with Crippen molar-refractivity contribution in [2.24, 2.45) is 0 Å². The summed E-state index contributed by atoms with van der Waals surface area (Å²) in [5, 5.41) is 9.58. The van der Waals surface area contributed by atoms with E-state index in [2.05, 4.69) is 0 Å². The molecule has 198 valence electrons. The molecule has 1 N–H and O–H groups in total. The molecule has 3 unspecified atom stereocenters. The van der Waals surface area contributed by atoms with Crippen LogP contribution in [0.4, 0.5) is 22.0 Å². The third kappa shape index (κ3) is 4.96. The first-order chi connectivity index (χ1) is 18.2. The van der Waals surface area contributed by atoms with Crippen LogP contribution in [0.15, 0.2) is 48.5 Å². The SMILES string of the molecule is CC(O)c1ccc(C2CC=C(c3ccc(C(=O)Oc4ccc(C5CO5)c(F)c4F)cc3F)CC2)c(F)c1F. The molecule has 0 saturated carbocycles. The Morgan fingerprint density at radius 2 is 1.68 bits per heavy atom. The number of ether oxygens (including phenoxy) is 2. The number of aliphatic hydroxyl groups excluding tert-OH is 1. The third-order valence-corrected chi connectivity index (χ3v) is 6.95. The molecule has 9 heteroatoms. The van der Waals surface area contributed by atoms with E-state index in [9.17, 15) is 31.9 Å². The van der Waals surface area contributed by atoms with Crippen LogP contribution in [-0.4, -0.2) is 17.7 Å². The number of rotatable bonds is 6. The van der Waals surface area contributed by atoms with Gasteiger partial charge in [-0.2, -0.15) is 4.39 Å². The van der Waals surface area contributed by atoms with Crippen LogP contribution in [0.1, 0.15) is 76.9 Å². The van der Waals surface area contributed by atoms with Gasteiger partial charge in [-0.3, -0.25) is 0 Å². The molecule has 5 rings (SSSR count). The Balaban J connectivity index is 1.29. The molecule has 2 aliphatic rings. The number of carbonyl (C=O) groups is 1. The molecule has 4 nitrogen and oxygen atoms in total. The van der Waals surface area contributed by atoms with Gasteiger partial charge in [0.15, 0.2) is 23.2 Å². The molecule has 1 aliphatic heterocycles. The molecular weight excluding hydrogens is 507 g/mol. The molecule has 0 spiro atoms. The highest BCUT2D eigenvalue weighted by Gasteiger charge is 2.31. The van der Waals surface area contributed by atoms with Gasteiger partial charge >= 0.3 is 5.97 Å². The zero-order chi connectivity index (χ0) is 27.1. The second-order valence-electron chi connectivity index (χ2n) is 9.44. The lowest BCUT2D eigenvalue weighted by Gasteiger charge is -2.24. The maximum Gasteiger partial charge on any atom is 0.343 e. The van der Waals surface area contributed by atoms with E-state index in [0.717, 1.165) is 12.1 Å². The van der Waals surface area contributed by atoms with Gasteiger partial charge in [0.2, 0.25) is 5.82 Å². The first-order valence-corrected chi connectivity index (χ1v) is 12.1. The van der Waals surface area contributed by atoms with Crippen LogP contribution in [0.25, 0.3) is 5.57 Å². The van der Waals surface area contributed by atoms with E-state index in [1.54, 1.807) is 6.08 Å². The van der Waals surface area contributed by atoms with Gasteiger partial charge < -0.3 is 14.6 Å². The number of hydrogen-bond donors (Lipinski definition) is 1. The van der Waals surface area contributed by atoms with Crippen LogP contribution in [-0.2, 0) is 4.74 Å². The summed E-state index contributed by atoms with van der Waals surface area (Å²) in [5.41, 5.74) is 0.808. The molecule has 3 atom stereocenters. The van der Waals surface area contributed by atoms with Crippen molar-refractivity contribution in [1.82, 2.24) is 0 Å². The molecule has 0 bridgehead atoms. The lowest BCUT2D eigenvalue weighted by Crippen LogP contribution is -2.12. The summed E-state index contributed by atoms with van der Waals surface area (Å²) in [7, 11) is 0. The topological polar surface area (TPSA) is 59.1 Å². The summed E-state index contributed by atoms with van der Waals surface area (Å²) >= 11 is 0. The fourth-order valence-corrected chi connectivity index (χ4v) is 4.74. The number of aliphatic hydroxyl groups is 1. The van der Waals surface area contributed by atoms with Gasteiger partial charge in [0.25, 0.3) is 0 Å². The van der Waals surface area contributed by atoms with Crippen molar-refractivity contribution in [2.45, 2.75) is 44.3 Å². The Morgan fingerprint density at radius 3 is 2.32 bits per heavy atom. The molecule has 1 heterocycles. The quantitative estimate of drug-likeness (QED) is 0.160. The van der Waals surface area contributed by atoms with Crippen molar-refractivity contribution in [1.29, 1.82) is 0 Å². The molecule has 3 aromatic carbocycles. The minimum Gasteiger partial charge on any atom is -0.420 e. The van der Waals surface area contributed by atoms with Gasteiger partial charge in [-0.1, -0.05) is 24.3 Å². The summed E-state index contributed by atoms with van der Waals surface area (Å²) in [6, 6.07) is 8.88. The predicted octanol–water partition coefficient (Wildman–Crippen LogP) is 7.08. The molecule has 1 saturated heterocycles. The minimum atomic E-state index is -1.33. The van der Waals surface area contributed by atoms with E-state index in [4.69, 9.17) is 9.47 Å². The normalized spacial score (nSPS) is 19.6. The second kappa shape index (κ2) is 10.3.